The molecule has 0 radical (unpaired) electrons. The lowest BCUT2D eigenvalue weighted by Crippen LogP contribution is -2.12. The van der Waals surface area contributed by atoms with Crippen LogP contribution < -0.4 is 0 Å². The molecule has 0 aliphatic rings. The van der Waals surface area contributed by atoms with Crippen LogP contribution in [0.5, 0.6) is 0 Å². The molecule has 0 bridgehead atoms. The smallest absolute Gasteiger partial charge is 0.312 e. The van der Waals surface area contributed by atoms with E-state index in [1.165, 1.54) is 7.11 Å². The first kappa shape index (κ1) is 12.2. The van der Waals surface area contributed by atoms with Crippen LogP contribution in [0.15, 0.2) is 35.5 Å². The van der Waals surface area contributed by atoms with Gasteiger partial charge in [0.2, 0.25) is 0 Å². The van der Waals surface area contributed by atoms with Crippen molar-refractivity contribution in [3.05, 3.63) is 35.9 Å². The molecule has 0 aromatic heterocycles. The average Bonchev–Trinajstić information content (AvgIpc) is 2.30. The molecule has 0 saturated carbocycles. The molecule has 0 unspecified atom stereocenters. The van der Waals surface area contributed by atoms with Crippen molar-refractivity contribution in [1.29, 1.82) is 0 Å². The fourth-order valence-corrected chi connectivity index (χ4v) is 1.28. The van der Waals surface area contributed by atoms with Crippen molar-refractivity contribution in [3.8, 4) is 0 Å². The second-order valence-corrected chi connectivity index (χ2v) is 3.07. The zero-order valence-corrected chi connectivity index (χ0v) is 9.47. The first-order valence-corrected chi connectivity index (χ1v) is 5.09. The molecule has 1 aromatic carbocycles. The molecule has 4 heteroatoms. The third kappa shape index (κ3) is 3.73. The van der Waals surface area contributed by atoms with E-state index in [0.717, 1.165) is 5.56 Å². The number of carbonyl (C=O) groups excluding carboxylic acids is 1. The monoisotopic (exact) mass is 221 g/mol. The Morgan fingerprint density at radius 3 is 2.56 bits per heavy atom. The number of oxime groups is 1. The summed E-state index contributed by atoms with van der Waals surface area (Å²) in [7, 11) is 1.45. The van der Waals surface area contributed by atoms with Gasteiger partial charge in [-0.25, -0.2) is 0 Å². The Bertz CT molecular complexity index is 360. The number of rotatable bonds is 5. The summed E-state index contributed by atoms with van der Waals surface area (Å²) in [6.45, 7) is 2.14. The highest BCUT2D eigenvalue weighted by molar-refractivity contribution is 6.09. The van der Waals surface area contributed by atoms with Gasteiger partial charge in [-0.1, -0.05) is 35.5 Å². The summed E-state index contributed by atoms with van der Waals surface area (Å²) in [5.41, 5.74) is 1.43. The summed E-state index contributed by atoms with van der Waals surface area (Å²) < 4.78 is 4.86. The molecule has 0 aliphatic heterocycles. The molecule has 16 heavy (non-hydrogen) atoms. The van der Waals surface area contributed by atoms with Gasteiger partial charge in [-0.2, -0.15) is 0 Å². The third-order valence-corrected chi connectivity index (χ3v) is 1.93. The zero-order chi connectivity index (χ0) is 11.8. The Balaban J connectivity index is 2.77. The van der Waals surface area contributed by atoms with Gasteiger partial charge in [-0.3, -0.25) is 4.79 Å². The fourth-order valence-electron chi connectivity index (χ4n) is 1.28. The first-order chi connectivity index (χ1) is 7.77. The number of carbonyl (C=O) groups is 1. The van der Waals surface area contributed by atoms with E-state index in [1.807, 2.05) is 30.3 Å². The van der Waals surface area contributed by atoms with Gasteiger partial charge in [0, 0.05) is 0 Å². The van der Waals surface area contributed by atoms with Gasteiger partial charge in [0.1, 0.15) is 7.11 Å². The van der Waals surface area contributed by atoms with Crippen LogP contribution in [0, 0.1) is 0 Å². The van der Waals surface area contributed by atoms with Crippen molar-refractivity contribution in [2.24, 2.45) is 5.16 Å². The van der Waals surface area contributed by atoms with Crippen LogP contribution in [-0.4, -0.2) is 25.4 Å². The average molecular weight is 221 g/mol. The maximum Gasteiger partial charge on any atom is 0.312 e. The van der Waals surface area contributed by atoms with E-state index >= 15 is 0 Å². The van der Waals surface area contributed by atoms with Crippen molar-refractivity contribution in [2.75, 3.05) is 13.7 Å². The lowest BCUT2D eigenvalue weighted by molar-refractivity contribution is -0.141. The standard InChI is InChI=1S/C12H15NO3/c1-3-16-12(14)9-11(13-15-2)10-7-5-4-6-8-10/h4-8H,3,9H2,1-2H3/b13-11-. The van der Waals surface area contributed by atoms with Gasteiger partial charge in [0.05, 0.1) is 18.7 Å². The second-order valence-electron chi connectivity index (χ2n) is 3.07. The number of hydrogen-bond acceptors (Lipinski definition) is 4. The largest absolute Gasteiger partial charge is 0.466 e. The number of esters is 1. The minimum Gasteiger partial charge on any atom is -0.466 e. The molecule has 1 rings (SSSR count). The van der Waals surface area contributed by atoms with E-state index in [0.29, 0.717) is 12.3 Å². The normalized spacial score (nSPS) is 11.0. The second kappa shape index (κ2) is 6.61. The molecule has 0 heterocycles. The van der Waals surface area contributed by atoms with Gasteiger partial charge in [-0.05, 0) is 12.5 Å². The quantitative estimate of drug-likeness (QED) is 0.434. The molecule has 1 aromatic rings. The Labute approximate surface area is 94.9 Å². The summed E-state index contributed by atoms with van der Waals surface area (Å²) in [4.78, 5) is 16.1. The molecule has 4 nitrogen and oxygen atoms in total. The van der Waals surface area contributed by atoms with Crippen LogP contribution in [0.25, 0.3) is 0 Å². The van der Waals surface area contributed by atoms with Crippen molar-refractivity contribution < 1.29 is 14.4 Å². The zero-order valence-electron chi connectivity index (χ0n) is 9.47. The Kier molecular flexibility index (Phi) is 5.05. The van der Waals surface area contributed by atoms with Gasteiger partial charge in [0.25, 0.3) is 0 Å². The highest BCUT2D eigenvalue weighted by Crippen LogP contribution is 2.06. The van der Waals surface area contributed by atoms with Crippen molar-refractivity contribution in [1.82, 2.24) is 0 Å². The molecular formula is C12H15NO3. The van der Waals surface area contributed by atoms with Crippen molar-refractivity contribution in [3.63, 3.8) is 0 Å². The summed E-state index contributed by atoms with van der Waals surface area (Å²) in [5.74, 6) is -0.304. The van der Waals surface area contributed by atoms with E-state index in [2.05, 4.69) is 5.16 Å². The number of benzene rings is 1. The predicted octanol–water partition coefficient (Wildman–Crippen LogP) is 1.99. The van der Waals surface area contributed by atoms with E-state index in [-0.39, 0.29) is 12.4 Å². The van der Waals surface area contributed by atoms with Crippen molar-refractivity contribution in [2.45, 2.75) is 13.3 Å². The van der Waals surface area contributed by atoms with Gasteiger partial charge >= 0.3 is 5.97 Å². The summed E-state index contributed by atoms with van der Waals surface area (Å²) in [6.07, 6.45) is 0.117. The molecule has 0 saturated heterocycles. The molecule has 86 valence electrons. The SMILES string of the molecule is CCOC(=O)C/C(=N/OC)c1ccccc1. The van der Waals surface area contributed by atoms with Crippen molar-refractivity contribution >= 4 is 11.7 Å². The van der Waals surface area contributed by atoms with Crippen LogP contribution in [0.3, 0.4) is 0 Å². The predicted molar refractivity (Wildman–Crippen MR) is 61.2 cm³/mol. The molecule has 0 atom stereocenters. The Hall–Kier alpha value is -1.84. The molecule has 0 N–H and O–H groups in total. The molecule has 0 fully saturated rings. The van der Waals surface area contributed by atoms with Gasteiger partial charge < -0.3 is 9.57 Å². The van der Waals surface area contributed by atoms with E-state index < -0.39 is 0 Å². The minimum absolute atomic E-state index is 0.117. The topological polar surface area (TPSA) is 47.9 Å². The van der Waals surface area contributed by atoms with Crippen LogP contribution in [-0.2, 0) is 14.4 Å². The van der Waals surface area contributed by atoms with Crippen LogP contribution >= 0.6 is 0 Å². The first-order valence-electron chi connectivity index (χ1n) is 5.09. The maximum absolute atomic E-state index is 11.3. The fraction of sp³-hybridized carbons (Fsp3) is 0.333. The number of hydrogen-bond donors (Lipinski definition) is 0. The highest BCUT2D eigenvalue weighted by Gasteiger charge is 2.11. The Morgan fingerprint density at radius 2 is 2.00 bits per heavy atom. The highest BCUT2D eigenvalue weighted by atomic mass is 16.6. The number of ether oxygens (including phenoxy) is 1. The van der Waals surface area contributed by atoms with E-state index in [4.69, 9.17) is 9.57 Å². The third-order valence-electron chi connectivity index (χ3n) is 1.93. The lowest BCUT2D eigenvalue weighted by Gasteiger charge is -2.05. The van der Waals surface area contributed by atoms with Crippen LogP contribution in [0.4, 0.5) is 0 Å². The summed E-state index contributed by atoms with van der Waals surface area (Å²) in [5, 5.41) is 3.83. The van der Waals surface area contributed by atoms with Crippen LogP contribution in [0.2, 0.25) is 0 Å². The molecule has 0 spiro atoms. The molecular weight excluding hydrogens is 206 g/mol. The Morgan fingerprint density at radius 1 is 1.31 bits per heavy atom. The van der Waals surface area contributed by atoms with Gasteiger partial charge in [0.15, 0.2) is 0 Å². The van der Waals surface area contributed by atoms with E-state index in [9.17, 15) is 4.79 Å². The minimum atomic E-state index is -0.304. The lowest BCUT2D eigenvalue weighted by atomic mass is 10.1. The van der Waals surface area contributed by atoms with Gasteiger partial charge in [-0.15, -0.1) is 0 Å². The summed E-state index contributed by atoms with van der Waals surface area (Å²) >= 11 is 0. The molecule has 0 amide bonds. The maximum atomic E-state index is 11.3. The summed E-state index contributed by atoms with van der Waals surface area (Å²) in [6, 6.07) is 9.41. The van der Waals surface area contributed by atoms with Crippen LogP contribution in [0.1, 0.15) is 18.9 Å². The molecule has 0 aliphatic carbocycles. The number of nitrogens with zero attached hydrogens (tertiary/aromatic N) is 1. The van der Waals surface area contributed by atoms with E-state index in [1.54, 1.807) is 6.92 Å².